The first-order valence-electron chi connectivity index (χ1n) is 22.5. The summed E-state index contributed by atoms with van der Waals surface area (Å²) < 4.78 is 2.57. The maximum Gasteiger partial charge on any atom is 0.193 e. The second-order valence-corrected chi connectivity index (χ2v) is 17.1. The SMILES string of the molecule is Cc1nnc(C)c([N+]2=C(CCc3ccc(C#N)cc3)c3ccccc3CC2)c1-[c-]1c2cc(-c3ccccc3)c(-c3ccccc3)cc2c2cc(-c3ccccc3)c(-c3ccccc3)cc21. The number of nitrogens with zero attached hydrogens (tertiary/aromatic N) is 4. The molecule has 0 saturated heterocycles. The lowest BCUT2D eigenvalue weighted by atomic mass is 9.89. The van der Waals surface area contributed by atoms with Gasteiger partial charge < -0.3 is 0 Å². The molecule has 10 aromatic rings. The van der Waals surface area contributed by atoms with Crippen molar-refractivity contribution in [2.45, 2.75) is 33.1 Å². The topological polar surface area (TPSA) is 52.6 Å². The second kappa shape index (κ2) is 16.9. The molecule has 1 aliphatic heterocycles. The zero-order chi connectivity index (χ0) is 43.9. The van der Waals surface area contributed by atoms with E-state index in [-0.39, 0.29) is 0 Å². The van der Waals surface area contributed by atoms with Gasteiger partial charge in [-0.2, -0.15) is 15.5 Å². The number of nitriles is 1. The van der Waals surface area contributed by atoms with Crippen molar-refractivity contribution in [3.8, 4) is 61.7 Å². The van der Waals surface area contributed by atoms with E-state index < -0.39 is 0 Å². The van der Waals surface area contributed by atoms with Crippen LogP contribution >= 0.6 is 0 Å². The van der Waals surface area contributed by atoms with Gasteiger partial charge in [-0.25, -0.2) is 4.58 Å². The highest BCUT2D eigenvalue weighted by atomic mass is 15.1. The molecule has 0 aliphatic carbocycles. The Hall–Kier alpha value is -8.13. The molecule has 0 fully saturated rings. The molecular formula is C61H46N4. The van der Waals surface area contributed by atoms with E-state index in [1.807, 2.05) is 12.1 Å². The molecule has 0 bridgehead atoms. The molecule has 0 amide bonds. The monoisotopic (exact) mass is 834 g/mol. The highest BCUT2D eigenvalue weighted by molar-refractivity contribution is 6.27. The van der Waals surface area contributed by atoms with Gasteiger partial charge in [-0.1, -0.05) is 203 Å². The number of aryl methyl sites for hydroxylation is 3. The maximum absolute atomic E-state index is 9.52. The molecule has 4 nitrogen and oxygen atoms in total. The molecule has 4 heteroatoms. The smallest absolute Gasteiger partial charge is 0.193 e. The third-order valence-corrected chi connectivity index (χ3v) is 13.3. The summed E-state index contributed by atoms with van der Waals surface area (Å²) in [5.74, 6) is 0. The molecule has 310 valence electrons. The van der Waals surface area contributed by atoms with Crippen LogP contribution in [0.5, 0.6) is 0 Å². The van der Waals surface area contributed by atoms with Crippen LogP contribution in [0.15, 0.2) is 194 Å². The van der Waals surface area contributed by atoms with Crippen LogP contribution in [0.3, 0.4) is 0 Å². The third kappa shape index (κ3) is 7.22. The standard InChI is InChI=1S/C61H46N4/c1-40-59(61(41(2)64-63-40)65-34-33-48-25-15-16-26-49(48)58(65)32-31-42-27-29-43(39-62)30-28-42)60-56-37-52(46-21-11-5-12-22-46)50(44-17-7-3-8-18-44)35-54(56)55-36-51(45-19-9-4-10-20-45)53(38-57(55)60)47-23-13-6-14-24-47/h3-30,35-38H,31-34H2,1-2H3. The minimum absolute atomic E-state index is 0.677. The molecule has 0 radical (unpaired) electrons. The van der Waals surface area contributed by atoms with Gasteiger partial charge in [-0.3, -0.25) is 0 Å². The summed E-state index contributed by atoms with van der Waals surface area (Å²) in [6, 6.07) is 72.3. The second-order valence-electron chi connectivity index (χ2n) is 17.1. The van der Waals surface area contributed by atoms with Crippen LogP contribution in [0.1, 0.15) is 40.1 Å². The molecule has 0 saturated carbocycles. The van der Waals surface area contributed by atoms with Gasteiger partial charge in [0.2, 0.25) is 0 Å². The number of aromatic nitrogens is 2. The van der Waals surface area contributed by atoms with Gasteiger partial charge >= 0.3 is 0 Å². The fourth-order valence-electron chi connectivity index (χ4n) is 10.2. The van der Waals surface area contributed by atoms with E-state index in [2.05, 4.69) is 206 Å². The Kier molecular flexibility index (Phi) is 10.3. The van der Waals surface area contributed by atoms with E-state index in [0.29, 0.717) is 5.56 Å². The first-order valence-corrected chi connectivity index (χ1v) is 22.5. The third-order valence-electron chi connectivity index (χ3n) is 13.3. The Labute approximate surface area is 380 Å². The van der Waals surface area contributed by atoms with Crippen molar-refractivity contribution in [3.05, 3.63) is 228 Å². The van der Waals surface area contributed by atoms with Crippen molar-refractivity contribution in [3.63, 3.8) is 0 Å². The van der Waals surface area contributed by atoms with E-state index >= 15 is 0 Å². The summed E-state index contributed by atoms with van der Waals surface area (Å²) in [6.45, 7) is 5.08. The minimum atomic E-state index is 0.677. The number of fused-ring (bicyclic) bond motifs is 4. The Bertz CT molecular complexity index is 3330. The summed E-state index contributed by atoms with van der Waals surface area (Å²) in [5, 5.41) is 24.2. The fourth-order valence-corrected chi connectivity index (χ4v) is 10.2. The fraction of sp³-hybridized carbons (Fsp3) is 0.0984. The molecule has 0 unspecified atom stereocenters. The van der Waals surface area contributed by atoms with Gasteiger partial charge in [0.05, 0.1) is 11.6 Å². The van der Waals surface area contributed by atoms with Crippen molar-refractivity contribution in [1.82, 2.24) is 10.2 Å². The summed E-state index contributed by atoms with van der Waals surface area (Å²) >= 11 is 0. The van der Waals surface area contributed by atoms with Gasteiger partial charge in [0.15, 0.2) is 11.4 Å². The molecule has 0 N–H and O–H groups in total. The van der Waals surface area contributed by atoms with Crippen LogP contribution in [0.25, 0.3) is 77.2 Å². The van der Waals surface area contributed by atoms with Gasteiger partial charge in [-0.05, 0) is 94.1 Å². The van der Waals surface area contributed by atoms with Crippen LogP contribution in [0, 0.1) is 25.2 Å². The Balaban J connectivity index is 1.26. The number of benzene rings is 8. The molecule has 1 aliphatic rings. The van der Waals surface area contributed by atoms with Gasteiger partial charge in [-0.15, -0.1) is 0 Å². The van der Waals surface area contributed by atoms with Crippen LogP contribution in [-0.4, -0.2) is 27.0 Å². The van der Waals surface area contributed by atoms with Crippen LogP contribution in [-0.2, 0) is 12.8 Å². The minimum Gasteiger partial charge on any atom is -0.216 e. The largest absolute Gasteiger partial charge is 0.216 e. The average Bonchev–Trinajstić information content (AvgIpc) is 3.68. The van der Waals surface area contributed by atoms with E-state index in [0.717, 1.165) is 48.4 Å². The Morgan fingerprint density at radius 1 is 0.508 bits per heavy atom. The van der Waals surface area contributed by atoms with Crippen LogP contribution in [0.2, 0.25) is 0 Å². The lowest BCUT2D eigenvalue weighted by Crippen LogP contribution is -2.29. The number of hydrogen-bond donors (Lipinski definition) is 0. The number of rotatable bonds is 9. The summed E-state index contributed by atoms with van der Waals surface area (Å²) in [4.78, 5) is 0. The average molecular weight is 835 g/mol. The lowest BCUT2D eigenvalue weighted by Gasteiger charge is -2.24. The quantitative estimate of drug-likeness (QED) is 0.107. The van der Waals surface area contributed by atoms with E-state index in [4.69, 9.17) is 10.2 Å². The zero-order valence-electron chi connectivity index (χ0n) is 36.6. The highest BCUT2D eigenvalue weighted by Crippen LogP contribution is 2.51. The van der Waals surface area contributed by atoms with Crippen molar-refractivity contribution < 1.29 is 4.58 Å². The Morgan fingerprint density at radius 2 is 0.969 bits per heavy atom. The van der Waals surface area contributed by atoms with Crippen LogP contribution in [0.4, 0.5) is 5.69 Å². The maximum atomic E-state index is 9.52. The lowest BCUT2D eigenvalue weighted by molar-refractivity contribution is -0.443. The first-order chi connectivity index (χ1) is 32.0. The van der Waals surface area contributed by atoms with Gasteiger partial charge in [0.1, 0.15) is 12.2 Å². The van der Waals surface area contributed by atoms with Crippen molar-refractivity contribution >= 4 is 32.9 Å². The molecule has 9 aromatic carbocycles. The predicted molar refractivity (Wildman–Crippen MR) is 268 cm³/mol. The van der Waals surface area contributed by atoms with Crippen LogP contribution < -0.4 is 0 Å². The normalized spacial score (nSPS) is 12.4. The molecular weight excluding hydrogens is 789 g/mol. The number of hydrogen-bond acceptors (Lipinski definition) is 3. The summed E-state index contributed by atoms with van der Waals surface area (Å²) in [6.07, 6.45) is 2.57. The predicted octanol–water partition coefficient (Wildman–Crippen LogP) is 14.6. The van der Waals surface area contributed by atoms with E-state index in [1.54, 1.807) is 0 Å². The zero-order valence-corrected chi connectivity index (χ0v) is 36.6. The molecule has 1 aromatic heterocycles. The van der Waals surface area contributed by atoms with E-state index in [1.165, 1.54) is 94.0 Å². The van der Waals surface area contributed by atoms with Crippen molar-refractivity contribution in [1.29, 1.82) is 5.26 Å². The van der Waals surface area contributed by atoms with Crippen molar-refractivity contribution in [2.75, 3.05) is 6.54 Å². The highest BCUT2D eigenvalue weighted by Gasteiger charge is 2.31. The van der Waals surface area contributed by atoms with Gasteiger partial charge in [0, 0.05) is 29.7 Å². The molecule has 65 heavy (non-hydrogen) atoms. The summed E-state index contributed by atoms with van der Waals surface area (Å²) in [7, 11) is 0. The molecule has 0 atom stereocenters. The summed E-state index contributed by atoms with van der Waals surface area (Å²) in [5.41, 5.74) is 20.5. The molecule has 11 rings (SSSR count). The van der Waals surface area contributed by atoms with Crippen molar-refractivity contribution in [2.24, 2.45) is 0 Å². The van der Waals surface area contributed by atoms with E-state index in [9.17, 15) is 5.26 Å². The molecule has 2 heterocycles. The Morgan fingerprint density at radius 3 is 1.48 bits per heavy atom. The van der Waals surface area contributed by atoms with Gasteiger partial charge in [0.25, 0.3) is 0 Å². The first kappa shape index (κ1) is 39.7. The molecule has 0 spiro atoms.